The molecular weight excluding hydrogens is 306 g/mol. The fourth-order valence-corrected chi connectivity index (χ4v) is 1.94. The van der Waals surface area contributed by atoms with E-state index in [4.69, 9.17) is 10.2 Å². The van der Waals surface area contributed by atoms with Gasteiger partial charge in [-0.2, -0.15) is 0 Å². The molecule has 0 aliphatic heterocycles. The number of carbonyl (C=O) groups is 3. The topological polar surface area (TPSA) is 153 Å². The van der Waals surface area contributed by atoms with E-state index in [1.54, 1.807) is 0 Å². The molecule has 0 aliphatic rings. The van der Waals surface area contributed by atoms with Crippen LogP contribution < -0.4 is 10.6 Å². The minimum atomic E-state index is -3.46. The second-order valence-corrected chi connectivity index (χ2v) is 6.62. The summed E-state index contributed by atoms with van der Waals surface area (Å²) in [6.45, 7) is -0.197. The number of hydrogen-bond donors (Lipinski definition) is 4. The van der Waals surface area contributed by atoms with E-state index < -0.39 is 40.5 Å². The Balaban J connectivity index is 4.27. The van der Waals surface area contributed by atoms with Gasteiger partial charge in [0, 0.05) is 27.1 Å². The van der Waals surface area contributed by atoms with Gasteiger partial charge in [-0.25, -0.2) is 22.3 Å². The fourth-order valence-electron chi connectivity index (χ4n) is 1.21. The number of carboxylic acid groups (broad SMARTS) is 2. The van der Waals surface area contributed by atoms with Gasteiger partial charge in [0.25, 0.3) is 0 Å². The normalized spacial score (nSPS) is 12.7. The minimum absolute atomic E-state index is 0.197. The summed E-state index contributed by atoms with van der Waals surface area (Å²) in [4.78, 5) is 32.6. The molecule has 0 unspecified atom stereocenters. The van der Waals surface area contributed by atoms with Gasteiger partial charge >= 0.3 is 18.0 Å². The Bertz CT molecular complexity index is 489. The minimum Gasteiger partial charge on any atom is -0.481 e. The Morgan fingerprint density at radius 3 is 2.19 bits per heavy atom. The molecule has 0 aromatic carbocycles. The van der Waals surface area contributed by atoms with Gasteiger partial charge in [-0.05, 0) is 6.42 Å². The second-order valence-electron chi connectivity index (χ2n) is 4.32. The number of amides is 2. The van der Waals surface area contributed by atoms with Crippen molar-refractivity contribution >= 4 is 28.0 Å². The van der Waals surface area contributed by atoms with Gasteiger partial charge in [0.15, 0.2) is 0 Å². The van der Waals surface area contributed by atoms with Crippen molar-refractivity contribution in [2.24, 2.45) is 0 Å². The van der Waals surface area contributed by atoms with Crippen molar-refractivity contribution in [3.8, 4) is 0 Å². The average molecular weight is 325 g/mol. The third-order valence-corrected chi connectivity index (χ3v) is 4.28. The number of urea groups is 1. The lowest BCUT2D eigenvalue weighted by Crippen LogP contribution is -2.47. The summed E-state index contributed by atoms with van der Waals surface area (Å²) < 4.78 is 23.8. The lowest BCUT2D eigenvalue weighted by atomic mass is 10.1. The first-order valence-electron chi connectivity index (χ1n) is 5.95. The van der Waals surface area contributed by atoms with Gasteiger partial charge in [-0.1, -0.05) is 0 Å². The average Bonchev–Trinajstić information content (AvgIpc) is 2.33. The van der Waals surface area contributed by atoms with Gasteiger partial charge in [-0.3, -0.25) is 4.79 Å². The van der Waals surface area contributed by atoms with Crippen LogP contribution in [0.4, 0.5) is 4.79 Å². The molecule has 0 bridgehead atoms. The molecule has 11 heteroatoms. The summed E-state index contributed by atoms with van der Waals surface area (Å²) >= 11 is 0. The van der Waals surface area contributed by atoms with Gasteiger partial charge in [0.05, 0.1) is 5.75 Å². The van der Waals surface area contributed by atoms with Crippen molar-refractivity contribution in [1.82, 2.24) is 14.9 Å². The smallest absolute Gasteiger partial charge is 0.326 e. The molecule has 1 atom stereocenters. The van der Waals surface area contributed by atoms with E-state index >= 15 is 0 Å². The molecular formula is C10H19N3O7S. The van der Waals surface area contributed by atoms with Crippen LogP contribution in [0, 0.1) is 0 Å². The number of carboxylic acids is 2. The van der Waals surface area contributed by atoms with Crippen LogP contribution >= 0.6 is 0 Å². The third-order valence-electron chi connectivity index (χ3n) is 2.45. The van der Waals surface area contributed by atoms with Crippen molar-refractivity contribution in [1.29, 1.82) is 0 Å². The number of sulfonamides is 1. The molecule has 0 spiro atoms. The molecule has 0 radical (unpaired) electrons. The van der Waals surface area contributed by atoms with Crippen LogP contribution in [0.1, 0.15) is 12.8 Å². The lowest BCUT2D eigenvalue weighted by molar-refractivity contribution is -0.140. The maximum absolute atomic E-state index is 11.4. The molecule has 21 heavy (non-hydrogen) atoms. The Morgan fingerprint density at radius 2 is 1.76 bits per heavy atom. The highest BCUT2D eigenvalue weighted by Gasteiger charge is 2.21. The molecule has 4 N–H and O–H groups in total. The van der Waals surface area contributed by atoms with Gasteiger partial charge in [0.1, 0.15) is 6.04 Å². The zero-order chi connectivity index (χ0) is 16.6. The summed E-state index contributed by atoms with van der Waals surface area (Å²) in [5, 5.41) is 21.6. The van der Waals surface area contributed by atoms with E-state index in [1.165, 1.54) is 14.1 Å². The van der Waals surface area contributed by atoms with E-state index in [1.807, 2.05) is 0 Å². The van der Waals surface area contributed by atoms with Crippen LogP contribution in [0.15, 0.2) is 0 Å². The van der Waals surface area contributed by atoms with Crippen molar-refractivity contribution < 1.29 is 33.0 Å². The van der Waals surface area contributed by atoms with E-state index in [0.717, 1.165) is 4.31 Å². The number of carbonyl (C=O) groups excluding carboxylic acids is 1. The number of nitrogens with zero attached hydrogens (tertiary/aromatic N) is 1. The van der Waals surface area contributed by atoms with E-state index in [9.17, 15) is 22.8 Å². The molecule has 10 nitrogen and oxygen atoms in total. The summed E-state index contributed by atoms with van der Waals surface area (Å²) in [6.07, 6.45) is -0.680. The maximum Gasteiger partial charge on any atom is 0.326 e. The van der Waals surface area contributed by atoms with Gasteiger partial charge < -0.3 is 20.8 Å². The zero-order valence-electron chi connectivity index (χ0n) is 11.7. The summed E-state index contributed by atoms with van der Waals surface area (Å²) in [5.41, 5.74) is 0. The Morgan fingerprint density at radius 1 is 1.19 bits per heavy atom. The van der Waals surface area contributed by atoms with E-state index in [2.05, 4.69) is 10.6 Å². The fraction of sp³-hybridized carbons (Fsp3) is 0.700. The third kappa shape index (κ3) is 8.09. The SMILES string of the molecule is CN(C)S(=O)(=O)CCNC(=O)N[C@@H](CCC(=O)O)C(=O)O. The molecule has 0 rings (SSSR count). The molecule has 0 aromatic rings. The standard InChI is InChI=1S/C10H19N3O7S/c1-13(2)21(19,20)6-5-11-10(18)12-7(9(16)17)3-4-8(14)15/h7H,3-6H2,1-2H3,(H,14,15)(H,16,17)(H2,11,12,18)/t7-/m0/s1. The van der Waals surface area contributed by atoms with Crippen molar-refractivity contribution in [3.63, 3.8) is 0 Å². The molecule has 2 amide bonds. The highest BCUT2D eigenvalue weighted by molar-refractivity contribution is 7.89. The second kappa shape index (κ2) is 8.42. The Kier molecular flexibility index (Phi) is 7.66. The quantitative estimate of drug-likeness (QED) is 0.402. The van der Waals surface area contributed by atoms with Crippen LogP contribution in [-0.4, -0.2) is 73.3 Å². The monoisotopic (exact) mass is 325 g/mol. The first kappa shape index (κ1) is 19.1. The van der Waals surface area contributed by atoms with Crippen LogP contribution in [-0.2, 0) is 19.6 Å². The number of nitrogens with one attached hydrogen (secondary N) is 2. The van der Waals surface area contributed by atoms with Crippen molar-refractivity contribution in [2.75, 3.05) is 26.4 Å². The highest BCUT2D eigenvalue weighted by atomic mass is 32.2. The molecule has 0 saturated carbocycles. The largest absolute Gasteiger partial charge is 0.481 e. The molecule has 0 heterocycles. The van der Waals surface area contributed by atoms with E-state index in [-0.39, 0.29) is 18.7 Å². The molecule has 0 saturated heterocycles. The van der Waals surface area contributed by atoms with Crippen molar-refractivity contribution in [3.05, 3.63) is 0 Å². The Hall–Kier alpha value is -1.88. The van der Waals surface area contributed by atoms with E-state index in [0.29, 0.717) is 0 Å². The summed E-state index contributed by atoms with van der Waals surface area (Å²) in [7, 11) is -0.765. The van der Waals surface area contributed by atoms with Crippen LogP contribution in [0.25, 0.3) is 0 Å². The van der Waals surface area contributed by atoms with Crippen LogP contribution in [0.5, 0.6) is 0 Å². The Labute approximate surface area is 122 Å². The van der Waals surface area contributed by atoms with Gasteiger partial charge in [-0.15, -0.1) is 0 Å². The number of hydrogen-bond acceptors (Lipinski definition) is 5. The van der Waals surface area contributed by atoms with Crippen LogP contribution in [0.2, 0.25) is 0 Å². The maximum atomic E-state index is 11.4. The van der Waals surface area contributed by atoms with Gasteiger partial charge in [0.2, 0.25) is 10.0 Å². The summed E-state index contributed by atoms with van der Waals surface area (Å²) in [6, 6.07) is -2.23. The number of rotatable bonds is 9. The predicted molar refractivity (Wildman–Crippen MR) is 72.3 cm³/mol. The van der Waals surface area contributed by atoms with Crippen molar-refractivity contribution in [2.45, 2.75) is 18.9 Å². The molecule has 0 aromatic heterocycles. The zero-order valence-corrected chi connectivity index (χ0v) is 12.5. The predicted octanol–water partition coefficient (Wildman–Crippen LogP) is -1.50. The first-order chi connectivity index (χ1) is 9.56. The molecule has 122 valence electrons. The lowest BCUT2D eigenvalue weighted by Gasteiger charge is -2.15. The van der Waals surface area contributed by atoms with Crippen LogP contribution in [0.3, 0.4) is 0 Å². The molecule has 0 aliphatic carbocycles. The number of aliphatic carboxylic acids is 2. The first-order valence-corrected chi connectivity index (χ1v) is 7.56. The highest BCUT2D eigenvalue weighted by Crippen LogP contribution is 1.98. The molecule has 0 fully saturated rings. The summed E-state index contributed by atoms with van der Waals surface area (Å²) in [5.74, 6) is -2.88.